The van der Waals surface area contributed by atoms with Gasteiger partial charge in [0.05, 0.1) is 18.6 Å². The lowest BCUT2D eigenvalue weighted by molar-refractivity contribution is -0.113. The molecule has 0 saturated carbocycles. The van der Waals surface area contributed by atoms with E-state index in [0.29, 0.717) is 21.6 Å². The molecule has 0 saturated heterocycles. The number of rotatable bonds is 8. The zero-order chi connectivity index (χ0) is 19.9. The maximum atomic E-state index is 12.4. The Balaban J connectivity index is 1.71. The number of ether oxygens (including phenoxy) is 1. The minimum Gasteiger partial charge on any atom is -0.495 e. The Labute approximate surface area is 172 Å². The monoisotopic (exact) mass is 417 g/mol. The summed E-state index contributed by atoms with van der Waals surface area (Å²) in [5.74, 6) is 1.30. The molecule has 1 amide bonds. The molecule has 0 radical (unpaired) electrons. The number of nitrogens with one attached hydrogen (secondary N) is 1. The second-order valence-corrected chi connectivity index (χ2v) is 7.26. The molecule has 0 fully saturated rings. The van der Waals surface area contributed by atoms with Crippen LogP contribution in [0.2, 0.25) is 5.02 Å². The van der Waals surface area contributed by atoms with Crippen molar-refractivity contribution < 1.29 is 9.53 Å². The molecule has 1 aromatic carbocycles. The summed E-state index contributed by atoms with van der Waals surface area (Å²) in [6, 6.07) is 8.87. The Bertz CT molecular complexity index is 949. The lowest BCUT2D eigenvalue weighted by Crippen LogP contribution is -2.15. The Morgan fingerprint density at radius 1 is 1.32 bits per heavy atom. The minimum atomic E-state index is -0.181. The molecule has 3 rings (SSSR count). The van der Waals surface area contributed by atoms with Crippen LogP contribution in [0, 0.1) is 0 Å². The second-order valence-electron chi connectivity index (χ2n) is 5.88. The third-order valence-electron chi connectivity index (χ3n) is 3.85. The minimum absolute atomic E-state index is 0.181. The third kappa shape index (κ3) is 4.82. The summed E-state index contributed by atoms with van der Waals surface area (Å²) in [5.41, 5.74) is 1.43. The first-order chi connectivity index (χ1) is 13.6. The molecule has 3 aromatic rings. The zero-order valence-electron chi connectivity index (χ0n) is 15.6. The number of amides is 1. The van der Waals surface area contributed by atoms with Crippen LogP contribution >= 0.6 is 23.4 Å². The Hall–Kier alpha value is -2.58. The molecule has 9 heteroatoms. The van der Waals surface area contributed by atoms with E-state index in [9.17, 15) is 4.79 Å². The van der Waals surface area contributed by atoms with Gasteiger partial charge in [0.1, 0.15) is 5.75 Å². The maximum absolute atomic E-state index is 12.4. The number of carbonyl (C=O) groups is 1. The molecule has 0 bridgehead atoms. The number of anilines is 1. The number of methoxy groups -OCH3 is 1. The summed E-state index contributed by atoms with van der Waals surface area (Å²) in [6.07, 6.45) is 4.39. The van der Waals surface area contributed by atoms with Crippen LogP contribution in [-0.2, 0) is 11.3 Å². The number of hydrogen-bond donors (Lipinski definition) is 1. The van der Waals surface area contributed by atoms with Gasteiger partial charge in [-0.15, -0.1) is 10.2 Å². The van der Waals surface area contributed by atoms with Crippen LogP contribution in [0.5, 0.6) is 5.75 Å². The highest BCUT2D eigenvalue weighted by molar-refractivity contribution is 7.99. The number of nitrogens with zero attached hydrogens (tertiary/aromatic N) is 4. The molecule has 1 N–H and O–H groups in total. The van der Waals surface area contributed by atoms with Gasteiger partial charge in [-0.05, 0) is 36.8 Å². The van der Waals surface area contributed by atoms with Crippen molar-refractivity contribution in [2.45, 2.75) is 25.0 Å². The molecule has 0 aliphatic rings. The van der Waals surface area contributed by atoms with Crippen molar-refractivity contribution in [2.75, 3.05) is 18.2 Å². The number of thioether (sulfide) groups is 1. The third-order valence-corrected chi connectivity index (χ3v) is 5.05. The van der Waals surface area contributed by atoms with Crippen LogP contribution in [0.4, 0.5) is 5.69 Å². The van der Waals surface area contributed by atoms with E-state index in [1.807, 2.05) is 16.7 Å². The molecule has 0 aliphatic carbocycles. The van der Waals surface area contributed by atoms with Crippen molar-refractivity contribution in [3.8, 4) is 17.1 Å². The number of aromatic nitrogens is 4. The predicted molar refractivity (Wildman–Crippen MR) is 111 cm³/mol. The molecule has 146 valence electrons. The van der Waals surface area contributed by atoms with Crippen LogP contribution in [0.25, 0.3) is 11.4 Å². The molecule has 7 nitrogen and oxygen atoms in total. The largest absolute Gasteiger partial charge is 0.495 e. The second kappa shape index (κ2) is 9.57. The summed E-state index contributed by atoms with van der Waals surface area (Å²) in [5, 5.41) is 12.6. The van der Waals surface area contributed by atoms with Gasteiger partial charge in [0.15, 0.2) is 11.0 Å². The predicted octanol–water partition coefficient (Wildman–Crippen LogP) is 4.14. The van der Waals surface area contributed by atoms with Gasteiger partial charge in [-0.25, -0.2) is 0 Å². The van der Waals surface area contributed by atoms with Crippen molar-refractivity contribution >= 4 is 35.0 Å². The fourth-order valence-electron chi connectivity index (χ4n) is 2.62. The first-order valence-corrected chi connectivity index (χ1v) is 10.1. The Morgan fingerprint density at radius 3 is 2.89 bits per heavy atom. The smallest absolute Gasteiger partial charge is 0.234 e. The number of pyridine rings is 1. The van der Waals surface area contributed by atoms with Crippen molar-refractivity contribution in [3.05, 3.63) is 47.7 Å². The van der Waals surface area contributed by atoms with Crippen molar-refractivity contribution in [1.82, 2.24) is 19.7 Å². The van der Waals surface area contributed by atoms with E-state index in [1.165, 1.54) is 11.8 Å². The summed E-state index contributed by atoms with van der Waals surface area (Å²) in [6.45, 7) is 2.84. The van der Waals surface area contributed by atoms with E-state index in [2.05, 4.69) is 27.4 Å². The molecule has 2 aromatic heterocycles. The van der Waals surface area contributed by atoms with E-state index in [0.717, 1.165) is 24.4 Å². The molecule has 28 heavy (non-hydrogen) atoms. The van der Waals surface area contributed by atoms with Crippen molar-refractivity contribution in [2.24, 2.45) is 0 Å². The van der Waals surface area contributed by atoms with Gasteiger partial charge in [0, 0.05) is 29.5 Å². The van der Waals surface area contributed by atoms with Gasteiger partial charge in [0.2, 0.25) is 5.91 Å². The van der Waals surface area contributed by atoms with Crippen LogP contribution < -0.4 is 10.1 Å². The zero-order valence-corrected chi connectivity index (χ0v) is 17.1. The SMILES string of the molecule is CCCn1c(SCC(=O)Nc2cc(Cl)ccc2OC)nnc1-c1cccnc1. The Morgan fingerprint density at radius 2 is 2.18 bits per heavy atom. The van der Waals surface area contributed by atoms with E-state index < -0.39 is 0 Å². The number of halogens is 1. The topological polar surface area (TPSA) is 81.9 Å². The highest BCUT2D eigenvalue weighted by Crippen LogP contribution is 2.28. The van der Waals surface area contributed by atoms with Gasteiger partial charge >= 0.3 is 0 Å². The van der Waals surface area contributed by atoms with Gasteiger partial charge < -0.3 is 14.6 Å². The number of benzene rings is 1. The Kier molecular flexibility index (Phi) is 6.89. The fraction of sp³-hybridized carbons (Fsp3) is 0.263. The molecule has 0 atom stereocenters. The summed E-state index contributed by atoms with van der Waals surface area (Å²) in [7, 11) is 1.54. The molecule has 0 unspecified atom stereocenters. The van der Waals surface area contributed by atoms with Gasteiger partial charge in [-0.1, -0.05) is 30.3 Å². The maximum Gasteiger partial charge on any atom is 0.234 e. The summed E-state index contributed by atoms with van der Waals surface area (Å²) < 4.78 is 7.26. The quantitative estimate of drug-likeness (QED) is 0.554. The summed E-state index contributed by atoms with van der Waals surface area (Å²) in [4.78, 5) is 16.6. The van der Waals surface area contributed by atoms with Crippen LogP contribution in [0.3, 0.4) is 0 Å². The fourth-order valence-corrected chi connectivity index (χ4v) is 3.56. The molecular formula is C19H20ClN5O2S. The molecular weight excluding hydrogens is 398 g/mol. The average molecular weight is 418 g/mol. The normalized spacial score (nSPS) is 10.7. The number of carbonyl (C=O) groups excluding carboxylic acids is 1. The van der Waals surface area contributed by atoms with Gasteiger partial charge in [-0.3, -0.25) is 9.78 Å². The first-order valence-electron chi connectivity index (χ1n) is 8.72. The van der Waals surface area contributed by atoms with E-state index in [1.54, 1.807) is 37.7 Å². The standard InChI is InChI=1S/C19H20ClN5O2S/c1-3-9-25-18(13-5-4-8-21-11-13)23-24-19(25)28-12-17(26)22-15-10-14(20)6-7-16(15)27-2/h4-8,10-11H,3,9,12H2,1-2H3,(H,22,26). The van der Waals surface area contributed by atoms with Crippen LogP contribution in [0.15, 0.2) is 47.9 Å². The number of hydrogen-bond acceptors (Lipinski definition) is 6. The van der Waals surface area contributed by atoms with Crippen LogP contribution in [0.1, 0.15) is 13.3 Å². The van der Waals surface area contributed by atoms with Gasteiger partial charge in [0.25, 0.3) is 0 Å². The van der Waals surface area contributed by atoms with Gasteiger partial charge in [-0.2, -0.15) is 0 Å². The first kappa shape index (κ1) is 20.2. The van der Waals surface area contributed by atoms with E-state index >= 15 is 0 Å². The van der Waals surface area contributed by atoms with Crippen LogP contribution in [-0.4, -0.2) is 38.5 Å². The molecule has 0 aliphatic heterocycles. The molecule has 2 heterocycles. The highest BCUT2D eigenvalue weighted by atomic mass is 35.5. The van der Waals surface area contributed by atoms with E-state index in [-0.39, 0.29) is 11.7 Å². The highest BCUT2D eigenvalue weighted by Gasteiger charge is 2.16. The van der Waals surface area contributed by atoms with Crippen molar-refractivity contribution in [3.63, 3.8) is 0 Å². The summed E-state index contributed by atoms with van der Waals surface area (Å²) >= 11 is 7.34. The van der Waals surface area contributed by atoms with Crippen molar-refractivity contribution in [1.29, 1.82) is 0 Å². The lowest BCUT2D eigenvalue weighted by atomic mass is 10.2. The average Bonchev–Trinajstić information content (AvgIpc) is 3.10. The van der Waals surface area contributed by atoms with E-state index in [4.69, 9.17) is 16.3 Å². The lowest BCUT2D eigenvalue weighted by Gasteiger charge is -2.11. The molecule has 0 spiro atoms.